The Kier molecular flexibility index (Phi) is 4.32. The van der Waals surface area contributed by atoms with Crippen molar-refractivity contribution in [2.45, 2.75) is 19.4 Å². The molecule has 6 nitrogen and oxygen atoms in total. The van der Waals surface area contributed by atoms with Crippen molar-refractivity contribution >= 4 is 16.9 Å². The Hall–Kier alpha value is -2.76. The number of fused-ring (bicyclic) bond motifs is 1. The number of nitrogens with zero attached hydrogens (tertiary/aromatic N) is 2. The molecule has 2 heterocycles. The maximum absolute atomic E-state index is 12.3. The second-order valence-corrected chi connectivity index (χ2v) is 5.41. The predicted molar refractivity (Wildman–Crippen MR) is 87.2 cm³/mol. The fourth-order valence-corrected chi connectivity index (χ4v) is 2.66. The highest BCUT2D eigenvalue weighted by atomic mass is 16.3. The quantitative estimate of drug-likeness (QED) is 0.753. The summed E-state index contributed by atoms with van der Waals surface area (Å²) in [6, 6.07) is 11.3. The van der Waals surface area contributed by atoms with E-state index in [-0.39, 0.29) is 18.0 Å². The highest BCUT2D eigenvalue weighted by molar-refractivity contribution is 5.77. The van der Waals surface area contributed by atoms with Crippen LogP contribution in [0.1, 0.15) is 12.2 Å². The van der Waals surface area contributed by atoms with Gasteiger partial charge < -0.3 is 9.73 Å². The molecular weight excluding hydrogens is 294 g/mol. The summed E-state index contributed by atoms with van der Waals surface area (Å²) < 4.78 is 8.45. The molecule has 0 unspecified atom stereocenters. The molecule has 1 N–H and O–H groups in total. The van der Waals surface area contributed by atoms with Crippen molar-refractivity contribution in [3.63, 3.8) is 0 Å². The minimum absolute atomic E-state index is 0.0728. The second-order valence-electron chi connectivity index (χ2n) is 5.41. The van der Waals surface area contributed by atoms with Crippen molar-refractivity contribution in [1.29, 1.82) is 0 Å². The first-order valence-electron chi connectivity index (χ1n) is 7.60. The van der Waals surface area contributed by atoms with E-state index in [1.165, 1.54) is 0 Å². The average molecular weight is 313 g/mol. The molecule has 0 atom stereocenters. The van der Waals surface area contributed by atoms with Crippen LogP contribution in [0, 0.1) is 0 Å². The largest absolute Gasteiger partial charge is 0.469 e. The third-order valence-electron chi connectivity index (χ3n) is 3.89. The van der Waals surface area contributed by atoms with Gasteiger partial charge in [-0.1, -0.05) is 12.1 Å². The Bertz CT molecular complexity index is 859. The van der Waals surface area contributed by atoms with E-state index in [4.69, 9.17) is 4.42 Å². The third kappa shape index (κ3) is 3.21. The fourth-order valence-electron chi connectivity index (χ4n) is 2.66. The van der Waals surface area contributed by atoms with Gasteiger partial charge in [0, 0.05) is 33.0 Å². The first-order valence-corrected chi connectivity index (χ1v) is 7.60. The van der Waals surface area contributed by atoms with Crippen LogP contribution in [0.2, 0.25) is 0 Å². The maximum Gasteiger partial charge on any atom is 0.328 e. The number of imidazole rings is 1. The molecule has 0 saturated carbocycles. The van der Waals surface area contributed by atoms with Crippen molar-refractivity contribution in [2.75, 3.05) is 6.54 Å². The van der Waals surface area contributed by atoms with Gasteiger partial charge in [0.1, 0.15) is 5.76 Å². The molecule has 0 bridgehead atoms. The Morgan fingerprint density at radius 2 is 1.96 bits per heavy atom. The average Bonchev–Trinajstić information content (AvgIpc) is 3.15. The van der Waals surface area contributed by atoms with Gasteiger partial charge in [0.2, 0.25) is 5.91 Å². The Morgan fingerprint density at radius 3 is 2.70 bits per heavy atom. The number of furan rings is 1. The normalized spacial score (nSPS) is 11.0. The lowest BCUT2D eigenvalue weighted by Crippen LogP contribution is -2.29. The van der Waals surface area contributed by atoms with E-state index >= 15 is 0 Å². The van der Waals surface area contributed by atoms with Crippen molar-refractivity contribution in [3.8, 4) is 0 Å². The summed E-state index contributed by atoms with van der Waals surface area (Å²) in [7, 11) is 1.74. The molecule has 3 rings (SSSR count). The maximum atomic E-state index is 12.3. The Labute approximate surface area is 133 Å². The van der Waals surface area contributed by atoms with E-state index < -0.39 is 0 Å². The summed E-state index contributed by atoms with van der Waals surface area (Å²) in [6.07, 6.45) is 2.54. The van der Waals surface area contributed by atoms with Gasteiger partial charge in [-0.05, 0) is 24.3 Å². The molecule has 6 heteroatoms. The van der Waals surface area contributed by atoms with E-state index in [9.17, 15) is 9.59 Å². The SMILES string of the molecule is Cn1c(=O)n(CCC(=O)NCCc2ccco2)c2ccccc21. The lowest BCUT2D eigenvalue weighted by atomic mass is 10.3. The van der Waals surface area contributed by atoms with E-state index in [1.54, 1.807) is 22.4 Å². The van der Waals surface area contributed by atoms with Crippen LogP contribution in [-0.2, 0) is 24.8 Å². The molecule has 0 saturated heterocycles. The molecular formula is C17H19N3O3. The number of aryl methyl sites for hydroxylation is 2. The van der Waals surface area contributed by atoms with Gasteiger partial charge in [-0.25, -0.2) is 4.79 Å². The first kappa shape index (κ1) is 15.1. The molecule has 0 radical (unpaired) electrons. The number of aromatic nitrogens is 2. The van der Waals surface area contributed by atoms with Gasteiger partial charge in [0.25, 0.3) is 0 Å². The summed E-state index contributed by atoms with van der Waals surface area (Å²) in [5.74, 6) is 0.770. The second kappa shape index (κ2) is 6.56. The molecule has 0 aliphatic carbocycles. The minimum atomic E-state index is -0.102. The number of carbonyl (C=O) groups is 1. The lowest BCUT2D eigenvalue weighted by molar-refractivity contribution is -0.121. The zero-order valence-electron chi connectivity index (χ0n) is 13.0. The minimum Gasteiger partial charge on any atom is -0.469 e. The molecule has 0 spiro atoms. The molecule has 1 aromatic carbocycles. The van der Waals surface area contributed by atoms with Gasteiger partial charge in [-0.15, -0.1) is 0 Å². The molecule has 0 aliphatic heterocycles. The van der Waals surface area contributed by atoms with E-state index in [1.807, 2.05) is 36.4 Å². The lowest BCUT2D eigenvalue weighted by Gasteiger charge is -2.05. The van der Waals surface area contributed by atoms with E-state index in [0.29, 0.717) is 19.5 Å². The zero-order valence-corrected chi connectivity index (χ0v) is 13.0. The monoisotopic (exact) mass is 313 g/mol. The third-order valence-corrected chi connectivity index (χ3v) is 3.89. The van der Waals surface area contributed by atoms with Crippen LogP contribution in [-0.4, -0.2) is 21.6 Å². The summed E-state index contributed by atoms with van der Waals surface area (Å²) in [6.45, 7) is 0.892. The van der Waals surface area contributed by atoms with Gasteiger partial charge in [-0.2, -0.15) is 0 Å². The molecule has 3 aromatic rings. The molecule has 2 aromatic heterocycles. The van der Waals surface area contributed by atoms with Gasteiger partial charge in [-0.3, -0.25) is 13.9 Å². The number of nitrogens with one attached hydrogen (secondary N) is 1. The number of hydrogen-bond acceptors (Lipinski definition) is 3. The summed E-state index contributed by atoms with van der Waals surface area (Å²) in [4.78, 5) is 24.2. The highest BCUT2D eigenvalue weighted by Crippen LogP contribution is 2.11. The van der Waals surface area contributed by atoms with Crippen LogP contribution < -0.4 is 11.0 Å². The van der Waals surface area contributed by atoms with Crippen molar-refractivity contribution in [3.05, 3.63) is 58.9 Å². The molecule has 120 valence electrons. The summed E-state index contributed by atoms with van der Waals surface area (Å²) >= 11 is 0. The smallest absolute Gasteiger partial charge is 0.328 e. The van der Waals surface area contributed by atoms with Gasteiger partial charge >= 0.3 is 5.69 Å². The molecule has 23 heavy (non-hydrogen) atoms. The highest BCUT2D eigenvalue weighted by Gasteiger charge is 2.11. The van der Waals surface area contributed by atoms with Gasteiger partial charge in [0.05, 0.1) is 17.3 Å². The van der Waals surface area contributed by atoms with Crippen LogP contribution >= 0.6 is 0 Å². The summed E-state index contributed by atoms with van der Waals surface area (Å²) in [5, 5.41) is 2.84. The van der Waals surface area contributed by atoms with Gasteiger partial charge in [0.15, 0.2) is 0 Å². The summed E-state index contributed by atoms with van der Waals surface area (Å²) in [5.41, 5.74) is 1.62. The standard InChI is InChI=1S/C17H19N3O3/c1-19-14-6-2-3-7-15(14)20(17(19)22)11-9-16(21)18-10-8-13-5-4-12-23-13/h2-7,12H,8-11H2,1H3,(H,18,21). The Balaban J connectivity index is 1.59. The zero-order chi connectivity index (χ0) is 16.2. The molecule has 0 aliphatic rings. The van der Waals surface area contributed by atoms with Crippen LogP contribution in [0.25, 0.3) is 11.0 Å². The number of amides is 1. The number of hydrogen-bond donors (Lipinski definition) is 1. The number of carbonyl (C=O) groups excluding carboxylic acids is 1. The first-order chi connectivity index (χ1) is 11.2. The fraction of sp³-hybridized carbons (Fsp3) is 0.294. The van der Waals surface area contributed by atoms with Crippen molar-refractivity contribution in [1.82, 2.24) is 14.5 Å². The molecule has 1 amide bonds. The predicted octanol–water partition coefficient (Wildman–Crippen LogP) is 1.68. The number of para-hydroxylation sites is 2. The Morgan fingerprint density at radius 1 is 1.17 bits per heavy atom. The van der Waals surface area contributed by atoms with E-state index in [0.717, 1.165) is 16.8 Å². The molecule has 0 fully saturated rings. The van der Waals surface area contributed by atoms with Crippen LogP contribution in [0.4, 0.5) is 0 Å². The van der Waals surface area contributed by atoms with Crippen molar-refractivity contribution in [2.24, 2.45) is 7.05 Å². The van der Waals surface area contributed by atoms with Crippen LogP contribution in [0.3, 0.4) is 0 Å². The van der Waals surface area contributed by atoms with Crippen LogP contribution in [0.15, 0.2) is 51.9 Å². The number of benzene rings is 1. The topological polar surface area (TPSA) is 69.2 Å². The van der Waals surface area contributed by atoms with Crippen LogP contribution in [0.5, 0.6) is 0 Å². The van der Waals surface area contributed by atoms with E-state index in [2.05, 4.69) is 5.32 Å². The number of rotatable bonds is 6. The van der Waals surface area contributed by atoms with Crippen molar-refractivity contribution < 1.29 is 9.21 Å².